The minimum absolute atomic E-state index is 0.279. The van der Waals surface area contributed by atoms with Crippen LogP contribution in [0.5, 0.6) is 0 Å². The zero-order valence-electron chi connectivity index (χ0n) is 12.9. The Labute approximate surface area is 130 Å². The first-order valence-corrected chi connectivity index (χ1v) is 10.6. The zero-order chi connectivity index (χ0) is 16.4. The van der Waals surface area contributed by atoms with E-state index in [2.05, 4.69) is 0 Å². The molecule has 2 rings (SSSR count). The van der Waals surface area contributed by atoms with Crippen molar-refractivity contribution in [3.63, 3.8) is 0 Å². The predicted molar refractivity (Wildman–Crippen MR) is 87.5 cm³/mol. The van der Waals surface area contributed by atoms with Gasteiger partial charge in [0.15, 0.2) is 0 Å². The summed E-state index contributed by atoms with van der Waals surface area (Å²) in [6.45, 7) is 5.80. The van der Waals surface area contributed by atoms with Gasteiger partial charge in [-0.15, -0.1) is 0 Å². The molecule has 2 aromatic carbocycles. The Kier molecular flexibility index (Phi) is 4.65. The number of alkyl halides is 3. The number of hydrogen-bond acceptors (Lipinski definition) is 1. The van der Waals surface area contributed by atoms with Crippen LogP contribution in [-0.2, 0) is 0 Å². The highest BCUT2D eigenvalue weighted by atomic mass is 28.3. The maximum Gasteiger partial charge on any atom is 0.412 e. The van der Waals surface area contributed by atoms with Crippen molar-refractivity contribution in [2.45, 2.75) is 31.9 Å². The summed E-state index contributed by atoms with van der Waals surface area (Å²) in [4.78, 5) is 0. The van der Waals surface area contributed by atoms with Gasteiger partial charge in [-0.1, -0.05) is 68.2 Å². The lowest BCUT2D eigenvalue weighted by atomic mass is 10.1. The summed E-state index contributed by atoms with van der Waals surface area (Å²) in [5, 5.41) is 0. The molecular weight excluding hydrogens is 303 g/mol. The smallest absolute Gasteiger partial charge is 0.384 e. The summed E-state index contributed by atoms with van der Waals surface area (Å²) in [5.41, 5.74) is 0.897. The van der Waals surface area contributed by atoms with E-state index in [0.717, 1.165) is 0 Å². The first-order chi connectivity index (χ1) is 10.2. The molecule has 118 valence electrons. The molecule has 0 heterocycles. The summed E-state index contributed by atoms with van der Waals surface area (Å²) in [6, 6.07) is 15.4. The minimum atomic E-state index is -4.34. The van der Waals surface area contributed by atoms with Crippen LogP contribution in [0, 0.1) is 0 Å². The average Bonchev–Trinajstić information content (AvgIpc) is 2.44. The normalized spacial score (nSPS) is 13.7. The first-order valence-electron chi connectivity index (χ1n) is 7.17. The van der Waals surface area contributed by atoms with E-state index >= 15 is 0 Å². The van der Waals surface area contributed by atoms with E-state index in [-0.39, 0.29) is 5.56 Å². The molecule has 0 aliphatic carbocycles. The lowest BCUT2D eigenvalue weighted by Gasteiger charge is -2.43. The van der Waals surface area contributed by atoms with Gasteiger partial charge in [-0.2, -0.15) is 13.2 Å². The van der Waals surface area contributed by atoms with E-state index in [4.69, 9.17) is 0 Å². The highest BCUT2D eigenvalue weighted by Crippen LogP contribution is 2.42. The quantitative estimate of drug-likeness (QED) is 0.659. The lowest BCUT2D eigenvalue weighted by Crippen LogP contribution is -2.52. The number of rotatable bonds is 4. The van der Waals surface area contributed by atoms with Gasteiger partial charge in [-0.05, 0) is 17.7 Å². The Morgan fingerprint density at radius 1 is 0.818 bits per heavy atom. The lowest BCUT2D eigenvalue weighted by molar-refractivity contribution is -0.148. The van der Waals surface area contributed by atoms with Crippen LogP contribution in [-0.4, -0.2) is 14.4 Å². The van der Waals surface area contributed by atoms with Gasteiger partial charge in [-0.25, -0.2) is 0 Å². The van der Waals surface area contributed by atoms with E-state index in [1.54, 1.807) is 59.2 Å². The Hall–Kier alpha value is -1.75. The molecule has 0 aromatic heterocycles. The first kappa shape index (κ1) is 16.6. The fourth-order valence-electron chi connectivity index (χ4n) is 2.63. The van der Waals surface area contributed by atoms with E-state index in [1.165, 1.54) is 0 Å². The van der Waals surface area contributed by atoms with Gasteiger partial charge in [0.05, 0.1) is 0 Å². The van der Waals surface area contributed by atoms with Crippen LogP contribution in [0.1, 0.15) is 11.6 Å². The molecule has 0 radical (unpaired) electrons. The van der Waals surface area contributed by atoms with E-state index in [9.17, 15) is 13.2 Å². The van der Waals surface area contributed by atoms with E-state index < -0.39 is 20.5 Å². The molecule has 1 nitrogen and oxygen atoms in total. The van der Waals surface area contributed by atoms with E-state index in [1.807, 2.05) is 25.7 Å². The van der Waals surface area contributed by atoms with Crippen LogP contribution < -0.4 is 4.57 Å². The molecule has 0 spiro atoms. The number of hydrogen-bond donors (Lipinski definition) is 0. The largest absolute Gasteiger partial charge is 0.412 e. The maximum atomic E-state index is 13.9. The number of halogens is 3. The molecular formula is C17H20F3NSi. The average molecular weight is 323 g/mol. The highest BCUT2D eigenvalue weighted by molar-refractivity contribution is 6.79. The van der Waals surface area contributed by atoms with Crippen molar-refractivity contribution < 1.29 is 13.2 Å². The molecule has 0 bridgehead atoms. The summed E-state index contributed by atoms with van der Waals surface area (Å²) in [6.07, 6.45) is -4.34. The Balaban J connectivity index is 2.60. The monoisotopic (exact) mass is 323 g/mol. The van der Waals surface area contributed by atoms with Crippen molar-refractivity contribution in [1.29, 1.82) is 0 Å². The molecule has 0 saturated carbocycles. The molecule has 0 aliphatic rings. The summed E-state index contributed by atoms with van der Waals surface area (Å²) >= 11 is 0. The maximum absolute atomic E-state index is 13.9. The molecule has 22 heavy (non-hydrogen) atoms. The molecule has 2 aromatic rings. The van der Waals surface area contributed by atoms with Crippen LogP contribution in [0.3, 0.4) is 0 Å². The third-order valence-corrected chi connectivity index (χ3v) is 5.40. The van der Waals surface area contributed by atoms with Crippen molar-refractivity contribution in [1.82, 2.24) is 0 Å². The molecule has 5 heteroatoms. The van der Waals surface area contributed by atoms with Crippen molar-refractivity contribution in [3.8, 4) is 0 Å². The van der Waals surface area contributed by atoms with Crippen LogP contribution in [0.2, 0.25) is 19.6 Å². The van der Waals surface area contributed by atoms with Crippen LogP contribution in [0.15, 0.2) is 60.7 Å². The van der Waals surface area contributed by atoms with Gasteiger partial charge in [0, 0.05) is 5.69 Å². The van der Waals surface area contributed by atoms with Crippen molar-refractivity contribution in [2.75, 3.05) is 4.57 Å². The summed E-state index contributed by atoms with van der Waals surface area (Å²) in [5.74, 6) is 0. The van der Waals surface area contributed by atoms with Crippen LogP contribution in [0.4, 0.5) is 18.9 Å². The molecule has 0 aliphatic heterocycles. The van der Waals surface area contributed by atoms with Gasteiger partial charge >= 0.3 is 6.18 Å². The number of benzene rings is 2. The SMILES string of the molecule is C[Si](C)(C)N(c1ccccc1)C(c1ccccc1)C(F)(F)F. The topological polar surface area (TPSA) is 3.24 Å². The molecule has 1 unspecified atom stereocenters. The summed E-state index contributed by atoms with van der Waals surface area (Å²) < 4.78 is 43.1. The van der Waals surface area contributed by atoms with Gasteiger partial charge in [-0.3, -0.25) is 0 Å². The molecule has 0 amide bonds. The van der Waals surface area contributed by atoms with Gasteiger partial charge < -0.3 is 4.57 Å². The van der Waals surface area contributed by atoms with Crippen molar-refractivity contribution >= 4 is 13.9 Å². The Morgan fingerprint density at radius 3 is 1.68 bits per heavy atom. The third kappa shape index (κ3) is 3.71. The van der Waals surface area contributed by atoms with Gasteiger partial charge in [0.1, 0.15) is 14.3 Å². The van der Waals surface area contributed by atoms with Crippen LogP contribution in [0.25, 0.3) is 0 Å². The Bertz CT molecular complexity index is 535. The number of nitrogens with zero attached hydrogens (tertiary/aromatic N) is 1. The second kappa shape index (κ2) is 6.16. The van der Waals surface area contributed by atoms with Crippen LogP contribution >= 0.6 is 0 Å². The van der Waals surface area contributed by atoms with Crippen molar-refractivity contribution in [3.05, 3.63) is 66.2 Å². The fourth-order valence-corrected chi connectivity index (χ4v) is 4.63. The predicted octanol–water partition coefficient (Wildman–Crippen LogP) is 5.63. The standard InChI is InChI=1S/C17H20F3NSi/c1-22(2,3)21(15-12-8-5-9-13-15)16(17(18,19)20)14-10-6-4-7-11-14/h4-13,16H,1-3H3. The Morgan fingerprint density at radius 2 is 1.27 bits per heavy atom. The second-order valence-electron chi connectivity index (χ2n) is 6.23. The van der Waals surface area contributed by atoms with E-state index in [0.29, 0.717) is 5.69 Å². The number of para-hydroxylation sites is 1. The number of anilines is 1. The highest BCUT2D eigenvalue weighted by Gasteiger charge is 2.48. The fraction of sp³-hybridized carbons (Fsp3) is 0.294. The molecule has 0 fully saturated rings. The molecule has 1 atom stereocenters. The van der Waals surface area contributed by atoms with Gasteiger partial charge in [0.25, 0.3) is 0 Å². The van der Waals surface area contributed by atoms with Gasteiger partial charge in [0.2, 0.25) is 0 Å². The second-order valence-corrected chi connectivity index (χ2v) is 11.1. The minimum Gasteiger partial charge on any atom is -0.384 e. The van der Waals surface area contributed by atoms with Crippen molar-refractivity contribution in [2.24, 2.45) is 0 Å². The third-order valence-electron chi connectivity index (χ3n) is 3.44. The summed E-state index contributed by atoms with van der Waals surface area (Å²) in [7, 11) is -2.27. The molecule has 0 N–H and O–H groups in total. The zero-order valence-corrected chi connectivity index (χ0v) is 13.9. The molecule has 0 saturated heterocycles.